The first kappa shape index (κ1) is 15.2. The zero-order valence-corrected chi connectivity index (χ0v) is 13.9. The molecule has 1 heterocycles. The quantitative estimate of drug-likeness (QED) is 0.877. The molecule has 0 unspecified atom stereocenters. The first-order chi connectivity index (χ1) is 10.2. The molecule has 2 aliphatic rings. The average Bonchev–Trinajstić information content (AvgIpc) is 2.51. The molecule has 1 N–H and O–H groups in total. The molecule has 1 aromatic rings. The van der Waals surface area contributed by atoms with Gasteiger partial charge < -0.3 is 10.2 Å². The van der Waals surface area contributed by atoms with Crippen molar-refractivity contribution in [3.63, 3.8) is 0 Å². The van der Waals surface area contributed by atoms with Crippen LogP contribution in [0.3, 0.4) is 0 Å². The zero-order chi connectivity index (χ0) is 14.7. The highest BCUT2D eigenvalue weighted by Gasteiger charge is 2.35. The molecule has 1 aromatic carbocycles. The molecule has 116 valence electrons. The minimum atomic E-state index is 0.663. The molecule has 0 bridgehead atoms. The van der Waals surface area contributed by atoms with Gasteiger partial charge in [0, 0.05) is 35.9 Å². The van der Waals surface area contributed by atoms with Crippen LogP contribution in [-0.4, -0.2) is 20.1 Å². The fourth-order valence-corrected chi connectivity index (χ4v) is 4.46. The number of hydrogen-bond donors (Lipinski definition) is 1. The predicted octanol–water partition coefficient (Wildman–Crippen LogP) is 4.61. The van der Waals surface area contributed by atoms with Crippen LogP contribution in [0.15, 0.2) is 18.2 Å². The van der Waals surface area contributed by atoms with Gasteiger partial charge in [0.25, 0.3) is 0 Å². The zero-order valence-electron chi connectivity index (χ0n) is 13.1. The number of benzene rings is 1. The van der Waals surface area contributed by atoms with Crippen molar-refractivity contribution in [1.82, 2.24) is 5.32 Å². The van der Waals surface area contributed by atoms with Gasteiger partial charge >= 0.3 is 0 Å². The molecule has 0 atom stereocenters. The van der Waals surface area contributed by atoms with Gasteiger partial charge in [-0.3, -0.25) is 0 Å². The Kier molecular flexibility index (Phi) is 4.75. The number of hydrogen-bond acceptors (Lipinski definition) is 2. The third kappa shape index (κ3) is 3.22. The highest BCUT2D eigenvalue weighted by Crippen LogP contribution is 2.45. The van der Waals surface area contributed by atoms with Crippen LogP contribution < -0.4 is 10.2 Å². The monoisotopic (exact) mass is 306 g/mol. The molecule has 1 spiro atoms. The maximum Gasteiger partial charge on any atom is 0.0471 e. The molecular formula is C18H27ClN2. The number of halogens is 1. The van der Waals surface area contributed by atoms with Crippen molar-refractivity contribution in [1.29, 1.82) is 0 Å². The maximum absolute atomic E-state index is 6.40. The molecule has 0 radical (unpaired) electrons. The Morgan fingerprint density at radius 2 is 1.81 bits per heavy atom. The second-order valence-electron chi connectivity index (χ2n) is 6.82. The Balaban J connectivity index is 1.73. The molecule has 0 aromatic heterocycles. The first-order valence-corrected chi connectivity index (χ1v) is 8.79. The lowest BCUT2D eigenvalue weighted by Gasteiger charge is -2.45. The molecule has 2 nitrogen and oxygen atoms in total. The fraction of sp³-hybridized carbons (Fsp3) is 0.667. The Labute approximate surface area is 133 Å². The highest BCUT2D eigenvalue weighted by molar-refractivity contribution is 6.31. The van der Waals surface area contributed by atoms with E-state index in [0.717, 1.165) is 11.6 Å². The summed E-state index contributed by atoms with van der Waals surface area (Å²) in [6.07, 6.45) is 9.98. The number of nitrogens with one attached hydrogen (secondary N) is 1. The largest absolute Gasteiger partial charge is 0.371 e. The Bertz CT molecular complexity index is 470. The van der Waals surface area contributed by atoms with Crippen molar-refractivity contribution < 1.29 is 0 Å². The van der Waals surface area contributed by atoms with Crippen molar-refractivity contribution in [2.75, 3.05) is 25.0 Å². The Hall–Kier alpha value is -0.730. The van der Waals surface area contributed by atoms with E-state index in [0.29, 0.717) is 5.41 Å². The lowest BCUT2D eigenvalue weighted by atomic mass is 9.68. The van der Waals surface area contributed by atoms with E-state index >= 15 is 0 Å². The van der Waals surface area contributed by atoms with Gasteiger partial charge in [0.15, 0.2) is 0 Å². The molecule has 3 heteroatoms. The number of piperidine rings is 1. The third-order valence-corrected chi connectivity index (χ3v) is 5.88. The number of rotatable bonds is 3. The van der Waals surface area contributed by atoms with E-state index < -0.39 is 0 Å². The van der Waals surface area contributed by atoms with Crippen LogP contribution in [0.5, 0.6) is 0 Å². The maximum atomic E-state index is 6.40. The topological polar surface area (TPSA) is 15.3 Å². The lowest BCUT2D eigenvalue weighted by Crippen LogP contribution is -2.41. The normalized spacial score (nSPS) is 21.7. The number of nitrogens with zero attached hydrogens (tertiary/aromatic N) is 1. The third-order valence-electron chi connectivity index (χ3n) is 5.53. The van der Waals surface area contributed by atoms with Crippen LogP contribution >= 0.6 is 11.6 Å². The molecule has 1 saturated carbocycles. The molecule has 1 saturated heterocycles. The summed E-state index contributed by atoms with van der Waals surface area (Å²) in [5, 5.41) is 4.14. The number of anilines is 1. The summed E-state index contributed by atoms with van der Waals surface area (Å²) in [6, 6.07) is 6.32. The second-order valence-corrected chi connectivity index (χ2v) is 7.22. The van der Waals surface area contributed by atoms with Crippen LogP contribution in [0.25, 0.3) is 0 Å². The van der Waals surface area contributed by atoms with Crippen molar-refractivity contribution in [3.05, 3.63) is 28.8 Å². The van der Waals surface area contributed by atoms with Crippen LogP contribution in [0.2, 0.25) is 5.02 Å². The molecule has 3 rings (SSSR count). The van der Waals surface area contributed by atoms with Gasteiger partial charge in [0.05, 0.1) is 0 Å². The molecule has 2 fully saturated rings. The van der Waals surface area contributed by atoms with E-state index in [1.807, 2.05) is 13.1 Å². The predicted molar refractivity (Wildman–Crippen MR) is 91.2 cm³/mol. The van der Waals surface area contributed by atoms with Gasteiger partial charge in [-0.15, -0.1) is 0 Å². The van der Waals surface area contributed by atoms with Gasteiger partial charge in [0.2, 0.25) is 0 Å². The van der Waals surface area contributed by atoms with Crippen molar-refractivity contribution in [3.8, 4) is 0 Å². The van der Waals surface area contributed by atoms with E-state index in [9.17, 15) is 0 Å². The van der Waals surface area contributed by atoms with Gasteiger partial charge in [0.1, 0.15) is 0 Å². The highest BCUT2D eigenvalue weighted by atomic mass is 35.5. The summed E-state index contributed by atoms with van der Waals surface area (Å²) in [4.78, 5) is 2.55. The van der Waals surface area contributed by atoms with Crippen LogP contribution in [-0.2, 0) is 6.54 Å². The Morgan fingerprint density at radius 1 is 1.10 bits per heavy atom. The summed E-state index contributed by atoms with van der Waals surface area (Å²) < 4.78 is 0. The van der Waals surface area contributed by atoms with Gasteiger partial charge in [-0.2, -0.15) is 0 Å². The van der Waals surface area contributed by atoms with E-state index in [1.165, 1.54) is 69.3 Å². The summed E-state index contributed by atoms with van der Waals surface area (Å²) in [5.74, 6) is 0. The van der Waals surface area contributed by atoms with E-state index in [4.69, 9.17) is 11.6 Å². The Morgan fingerprint density at radius 3 is 2.48 bits per heavy atom. The van der Waals surface area contributed by atoms with Crippen molar-refractivity contribution >= 4 is 17.3 Å². The van der Waals surface area contributed by atoms with Crippen molar-refractivity contribution in [2.45, 2.75) is 51.5 Å². The van der Waals surface area contributed by atoms with Gasteiger partial charge in [-0.1, -0.05) is 36.9 Å². The summed E-state index contributed by atoms with van der Waals surface area (Å²) in [6.45, 7) is 3.23. The van der Waals surface area contributed by atoms with Crippen LogP contribution in [0.4, 0.5) is 5.69 Å². The van der Waals surface area contributed by atoms with Gasteiger partial charge in [-0.25, -0.2) is 0 Å². The van der Waals surface area contributed by atoms with Crippen molar-refractivity contribution in [2.24, 2.45) is 5.41 Å². The van der Waals surface area contributed by atoms with Gasteiger partial charge in [-0.05, 0) is 50.3 Å². The fourth-order valence-electron chi connectivity index (χ4n) is 4.22. The molecule has 0 amide bonds. The first-order valence-electron chi connectivity index (χ1n) is 8.41. The van der Waals surface area contributed by atoms with Crippen LogP contribution in [0, 0.1) is 5.41 Å². The average molecular weight is 307 g/mol. The lowest BCUT2D eigenvalue weighted by molar-refractivity contribution is 0.144. The minimum absolute atomic E-state index is 0.663. The van der Waals surface area contributed by atoms with E-state index in [1.54, 1.807) is 0 Å². The summed E-state index contributed by atoms with van der Waals surface area (Å²) >= 11 is 6.40. The molecular weight excluding hydrogens is 280 g/mol. The minimum Gasteiger partial charge on any atom is -0.371 e. The summed E-state index contributed by atoms with van der Waals surface area (Å²) in [7, 11) is 1.99. The van der Waals surface area contributed by atoms with E-state index in [2.05, 4.69) is 22.3 Å². The smallest absolute Gasteiger partial charge is 0.0471 e. The van der Waals surface area contributed by atoms with Crippen LogP contribution in [0.1, 0.15) is 50.5 Å². The molecule has 21 heavy (non-hydrogen) atoms. The standard InChI is InChI=1S/C18H27ClN2/c1-20-14-15-16(19)6-5-7-17(15)21-12-10-18(11-13-21)8-3-2-4-9-18/h5-7,20H,2-4,8-14H2,1H3. The van der Waals surface area contributed by atoms with E-state index in [-0.39, 0.29) is 0 Å². The molecule has 1 aliphatic carbocycles. The molecule has 1 aliphatic heterocycles. The second kappa shape index (κ2) is 6.58. The summed E-state index contributed by atoms with van der Waals surface area (Å²) in [5.41, 5.74) is 3.25. The SMILES string of the molecule is CNCc1c(Cl)cccc1N1CCC2(CCCCC2)CC1.